The van der Waals surface area contributed by atoms with E-state index in [0.29, 0.717) is 16.3 Å². The van der Waals surface area contributed by atoms with E-state index in [0.717, 1.165) is 0 Å². The van der Waals surface area contributed by atoms with Crippen LogP contribution in [-0.2, 0) is 0 Å². The van der Waals surface area contributed by atoms with Crippen LogP contribution in [0.15, 0.2) is 42.5 Å². The molecule has 2 aromatic carbocycles. The molecular formula is C13H9Cl2NO. The highest BCUT2D eigenvalue weighted by molar-refractivity contribution is 6.45. The third-order valence-electron chi connectivity index (χ3n) is 2.39. The van der Waals surface area contributed by atoms with Crippen LogP contribution in [0.3, 0.4) is 0 Å². The van der Waals surface area contributed by atoms with Crippen molar-refractivity contribution in [2.75, 3.05) is 5.73 Å². The minimum absolute atomic E-state index is 0.195. The highest BCUT2D eigenvalue weighted by Gasteiger charge is 2.17. The molecule has 2 aromatic rings. The van der Waals surface area contributed by atoms with E-state index in [1.807, 2.05) is 6.07 Å². The van der Waals surface area contributed by atoms with Gasteiger partial charge in [0.1, 0.15) is 0 Å². The summed E-state index contributed by atoms with van der Waals surface area (Å²) >= 11 is 11.9. The van der Waals surface area contributed by atoms with Gasteiger partial charge in [0.15, 0.2) is 5.78 Å². The summed E-state index contributed by atoms with van der Waals surface area (Å²) in [5.41, 5.74) is 6.88. The molecule has 0 aliphatic rings. The Bertz CT molecular complexity index is 567. The van der Waals surface area contributed by atoms with Crippen molar-refractivity contribution in [3.63, 3.8) is 0 Å². The molecule has 0 aromatic heterocycles. The van der Waals surface area contributed by atoms with E-state index in [-0.39, 0.29) is 16.4 Å². The van der Waals surface area contributed by atoms with E-state index in [9.17, 15) is 4.79 Å². The molecule has 0 heterocycles. The molecule has 0 unspecified atom stereocenters. The SMILES string of the molecule is Nc1ccc(Cl)c(Cl)c1C(=O)c1ccccc1. The molecule has 0 saturated heterocycles. The summed E-state index contributed by atoms with van der Waals surface area (Å²) in [5.74, 6) is -0.226. The monoisotopic (exact) mass is 265 g/mol. The summed E-state index contributed by atoms with van der Waals surface area (Å²) in [6.45, 7) is 0. The number of halogens is 2. The second-order valence-corrected chi connectivity index (χ2v) is 4.31. The second-order valence-electron chi connectivity index (χ2n) is 3.52. The number of nitrogen functional groups attached to an aromatic ring is 1. The predicted octanol–water partition coefficient (Wildman–Crippen LogP) is 3.81. The zero-order valence-electron chi connectivity index (χ0n) is 8.78. The zero-order valence-corrected chi connectivity index (χ0v) is 10.3. The molecule has 0 saturated carbocycles. The lowest BCUT2D eigenvalue weighted by Gasteiger charge is -2.08. The molecule has 0 atom stereocenters. The topological polar surface area (TPSA) is 43.1 Å². The molecule has 0 radical (unpaired) electrons. The van der Waals surface area contributed by atoms with Crippen LogP contribution in [0.5, 0.6) is 0 Å². The van der Waals surface area contributed by atoms with Gasteiger partial charge >= 0.3 is 0 Å². The Balaban J connectivity index is 2.56. The number of anilines is 1. The Morgan fingerprint density at radius 2 is 1.65 bits per heavy atom. The molecule has 2 N–H and O–H groups in total. The first-order valence-electron chi connectivity index (χ1n) is 4.94. The van der Waals surface area contributed by atoms with Gasteiger partial charge in [0.25, 0.3) is 0 Å². The first-order chi connectivity index (χ1) is 8.11. The standard InChI is InChI=1S/C13H9Cl2NO/c14-9-6-7-10(16)11(12(9)15)13(17)8-4-2-1-3-5-8/h1-7H,16H2. The van der Waals surface area contributed by atoms with Crippen molar-refractivity contribution in [3.05, 3.63) is 63.6 Å². The van der Waals surface area contributed by atoms with Gasteiger partial charge in [-0.25, -0.2) is 0 Å². The average molecular weight is 266 g/mol. The largest absolute Gasteiger partial charge is 0.398 e. The minimum atomic E-state index is -0.226. The molecule has 0 spiro atoms. The van der Waals surface area contributed by atoms with Gasteiger partial charge < -0.3 is 5.73 Å². The molecule has 2 nitrogen and oxygen atoms in total. The fourth-order valence-corrected chi connectivity index (χ4v) is 1.95. The number of hydrogen-bond donors (Lipinski definition) is 1. The normalized spacial score (nSPS) is 10.2. The molecule has 0 bridgehead atoms. The number of nitrogens with two attached hydrogens (primary N) is 1. The molecule has 17 heavy (non-hydrogen) atoms. The third-order valence-corrected chi connectivity index (χ3v) is 3.19. The van der Waals surface area contributed by atoms with E-state index < -0.39 is 0 Å². The fourth-order valence-electron chi connectivity index (χ4n) is 1.53. The maximum atomic E-state index is 12.2. The maximum absolute atomic E-state index is 12.2. The Hall–Kier alpha value is -1.51. The van der Waals surface area contributed by atoms with Crippen molar-refractivity contribution in [1.82, 2.24) is 0 Å². The van der Waals surface area contributed by atoms with Crippen LogP contribution in [0.25, 0.3) is 0 Å². The van der Waals surface area contributed by atoms with Crippen molar-refractivity contribution in [1.29, 1.82) is 0 Å². The fraction of sp³-hybridized carbons (Fsp3) is 0. The van der Waals surface area contributed by atoms with Crippen molar-refractivity contribution in [2.45, 2.75) is 0 Å². The van der Waals surface area contributed by atoms with Gasteiger partial charge in [0.05, 0.1) is 15.6 Å². The van der Waals surface area contributed by atoms with Crippen molar-refractivity contribution < 1.29 is 4.79 Å². The Kier molecular flexibility index (Phi) is 3.36. The molecule has 0 aliphatic heterocycles. The summed E-state index contributed by atoms with van der Waals surface area (Å²) in [5, 5.41) is 0.515. The molecule has 0 aliphatic carbocycles. The van der Waals surface area contributed by atoms with Crippen LogP contribution in [-0.4, -0.2) is 5.78 Å². The molecule has 86 valence electrons. The predicted molar refractivity (Wildman–Crippen MR) is 70.7 cm³/mol. The number of hydrogen-bond acceptors (Lipinski definition) is 2. The number of carbonyl (C=O) groups is 1. The average Bonchev–Trinajstić information content (AvgIpc) is 2.35. The van der Waals surface area contributed by atoms with Crippen LogP contribution < -0.4 is 5.73 Å². The van der Waals surface area contributed by atoms with Gasteiger partial charge in [0.2, 0.25) is 0 Å². The molecular weight excluding hydrogens is 257 g/mol. The second kappa shape index (κ2) is 4.78. The molecule has 0 amide bonds. The highest BCUT2D eigenvalue weighted by atomic mass is 35.5. The molecule has 0 fully saturated rings. The Labute approximate surface area is 109 Å². The van der Waals surface area contributed by atoms with E-state index in [4.69, 9.17) is 28.9 Å². The summed E-state index contributed by atoms with van der Waals surface area (Å²) in [6.07, 6.45) is 0. The summed E-state index contributed by atoms with van der Waals surface area (Å²) < 4.78 is 0. The van der Waals surface area contributed by atoms with Gasteiger partial charge in [-0.05, 0) is 12.1 Å². The van der Waals surface area contributed by atoms with Crippen LogP contribution in [0.2, 0.25) is 10.0 Å². The van der Waals surface area contributed by atoms with Gasteiger partial charge in [-0.1, -0.05) is 53.5 Å². The quantitative estimate of drug-likeness (QED) is 0.663. The number of ketones is 1. The van der Waals surface area contributed by atoms with Gasteiger partial charge in [-0.15, -0.1) is 0 Å². The lowest BCUT2D eigenvalue weighted by atomic mass is 10.0. The summed E-state index contributed by atoms with van der Waals surface area (Å²) in [4.78, 5) is 12.2. The van der Waals surface area contributed by atoms with Crippen molar-refractivity contribution in [2.24, 2.45) is 0 Å². The highest BCUT2D eigenvalue weighted by Crippen LogP contribution is 2.31. The van der Waals surface area contributed by atoms with Crippen LogP contribution in [0, 0.1) is 0 Å². The zero-order chi connectivity index (χ0) is 12.4. The smallest absolute Gasteiger partial charge is 0.196 e. The van der Waals surface area contributed by atoms with Gasteiger partial charge in [0, 0.05) is 11.3 Å². The lowest BCUT2D eigenvalue weighted by molar-refractivity contribution is 0.103. The first kappa shape index (κ1) is 12.0. The van der Waals surface area contributed by atoms with E-state index in [2.05, 4.69) is 0 Å². The van der Waals surface area contributed by atoms with Gasteiger partial charge in [-0.2, -0.15) is 0 Å². The Morgan fingerprint density at radius 1 is 1.00 bits per heavy atom. The molecule has 4 heteroatoms. The van der Waals surface area contributed by atoms with E-state index in [1.165, 1.54) is 0 Å². The van der Waals surface area contributed by atoms with Gasteiger partial charge in [-0.3, -0.25) is 4.79 Å². The maximum Gasteiger partial charge on any atom is 0.196 e. The summed E-state index contributed by atoms with van der Waals surface area (Å²) in [6, 6.07) is 12.0. The van der Waals surface area contributed by atoms with E-state index in [1.54, 1.807) is 36.4 Å². The third kappa shape index (κ3) is 2.28. The molecule has 2 rings (SSSR count). The van der Waals surface area contributed by atoms with E-state index >= 15 is 0 Å². The van der Waals surface area contributed by atoms with Crippen LogP contribution >= 0.6 is 23.2 Å². The van der Waals surface area contributed by atoms with Crippen LogP contribution in [0.4, 0.5) is 5.69 Å². The number of carbonyl (C=O) groups excluding carboxylic acids is 1. The summed E-state index contributed by atoms with van der Waals surface area (Å²) in [7, 11) is 0. The van der Waals surface area contributed by atoms with Crippen LogP contribution in [0.1, 0.15) is 15.9 Å². The lowest BCUT2D eigenvalue weighted by Crippen LogP contribution is -2.06. The number of benzene rings is 2. The van der Waals surface area contributed by atoms with Crippen molar-refractivity contribution >= 4 is 34.7 Å². The minimum Gasteiger partial charge on any atom is -0.398 e. The first-order valence-corrected chi connectivity index (χ1v) is 5.70. The number of rotatable bonds is 2. The Morgan fingerprint density at radius 3 is 2.29 bits per heavy atom. The van der Waals surface area contributed by atoms with Crippen molar-refractivity contribution in [3.8, 4) is 0 Å².